The normalized spacial score (nSPS) is 11.5. The average molecular weight is 500 g/mol. The topological polar surface area (TPSA) is 104 Å². The Balaban J connectivity index is 2.08. The molecule has 0 saturated carbocycles. The fourth-order valence-corrected chi connectivity index (χ4v) is 5.48. The lowest BCUT2D eigenvalue weighted by Gasteiger charge is -2.24. The summed E-state index contributed by atoms with van der Waals surface area (Å²) in [6, 6.07) is 1.43. The third kappa shape index (κ3) is 7.94. The summed E-state index contributed by atoms with van der Waals surface area (Å²) < 4.78 is -0.219. The quantitative estimate of drug-likeness (QED) is 0.246. The number of hydrogen-bond acceptors (Lipinski definition) is 7. The Hall–Kier alpha value is -1.84. The Morgan fingerprint density at radius 3 is 2.53 bits per heavy atom. The molecule has 0 aliphatic carbocycles. The fourth-order valence-electron chi connectivity index (χ4n) is 2.97. The maximum Gasteiger partial charge on any atom is 0.337 e. The van der Waals surface area contributed by atoms with Crippen molar-refractivity contribution in [3.05, 3.63) is 33.9 Å². The summed E-state index contributed by atoms with van der Waals surface area (Å²) in [4.78, 5) is 33.6. The second-order valence-corrected chi connectivity index (χ2v) is 11.1. The molecular formula is C22H30ClN3O4S2. The molecule has 2 N–H and O–H groups in total. The molecule has 10 heteroatoms. The van der Waals surface area contributed by atoms with Crippen LogP contribution < -0.4 is 4.90 Å². The van der Waals surface area contributed by atoms with Crippen LogP contribution in [0.25, 0.3) is 0 Å². The molecule has 2 aromatic rings. The van der Waals surface area contributed by atoms with Crippen LogP contribution in [0.15, 0.2) is 22.0 Å². The van der Waals surface area contributed by atoms with Gasteiger partial charge in [-0.3, -0.25) is 4.79 Å². The molecule has 0 spiro atoms. The number of aromatic nitrogens is 2. The smallest absolute Gasteiger partial charge is 0.337 e. The largest absolute Gasteiger partial charge is 0.480 e. The summed E-state index contributed by atoms with van der Waals surface area (Å²) in [6.45, 7) is 6.90. The lowest BCUT2D eigenvalue weighted by atomic mass is 10.1. The van der Waals surface area contributed by atoms with Crippen LogP contribution in [0.1, 0.15) is 68.9 Å². The third-order valence-electron chi connectivity index (χ3n) is 4.93. The van der Waals surface area contributed by atoms with Gasteiger partial charge in [0, 0.05) is 31.1 Å². The van der Waals surface area contributed by atoms with Gasteiger partial charge in [0.2, 0.25) is 0 Å². The fraction of sp³-hybridized carbons (Fsp3) is 0.545. The zero-order valence-electron chi connectivity index (χ0n) is 18.6. The number of halogens is 1. The minimum atomic E-state index is -1.06. The number of thioether (sulfide) groups is 1. The summed E-state index contributed by atoms with van der Waals surface area (Å²) in [7, 11) is 0. The van der Waals surface area contributed by atoms with E-state index in [1.54, 1.807) is 13.8 Å². The van der Waals surface area contributed by atoms with Crippen LogP contribution in [0.4, 0.5) is 5.82 Å². The third-order valence-corrected chi connectivity index (χ3v) is 7.38. The average Bonchev–Trinajstić information content (AvgIpc) is 3.16. The monoisotopic (exact) mass is 499 g/mol. The minimum Gasteiger partial charge on any atom is -0.480 e. The summed E-state index contributed by atoms with van der Waals surface area (Å²) in [5.74, 6) is -1.36. The molecule has 0 amide bonds. The maximum absolute atomic E-state index is 11.4. The van der Waals surface area contributed by atoms with Crippen molar-refractivity contribution in [1.29, 1.82) is 0 Å². The molecule has 0 atom stereocenters. The highest BCUT2D eigenvalue weighted by molar-refractivity contribution is 8.02. The molecule has 2 rings (SSSR count). The van der Waals surface area contributed by atoms with Crippen molar-refractivity contribution in [3.63, 3.8) is 0 Å². The second-order valence-electron chi connectivity index (χ2n) is 8.01. The van der Waals surface area contributed by atoms with Crippen molar-refractivity contribution in [2.75, 3.05) is 18.0 Å². The van der Waals surface area contributed by atoms with Gasteiger partial charge in [0.25, 0.3) is 0 Å². The standard InChI is InChI=1S/C22H30ClN3O4S2/c1-4-5-6-7-8-10-26(18-17(23)12-15(13-24-18)19(27)28)11-9-16-14-31-21(25-16)32-22(2,3)20(29)30/h12-14H,4-11H2,1-3H3,(H,27,28)(H,29,30). The van der Waals surface area contributed by atoms with Gasteiger partial charge < -0.3 is 15.1 Å². The van der Waals surface area contributed by atoms with Crippen molar-refractivity contribution in [2.24, 2.45) is 0 Å². The van der Waals surface area contributed by atoms with E-state index >= 15 is 0 Å². The molecule has 0 aliphatic heterocycles. The number of rotatable bonds is 14. The molecule has 0 saturated heterocycles. The number of carboxylic acids is 2. The molecule has 2 heterocycles. The van der Waals surface area contributed by atoms with Crippen LogP contribution in [-0.4, -0.2) is 50.0 Å². The summed E-state index contributed by atoms with van der Waals surface area (Å²) in [6.07, 6.45) is 7.64. The van der Waals surface area contributed by atoms with Gasteiger partial charge in [0.1, 0.15) is 10.6 Å². The van der Waals surface area contributed by atoms with Gasteiger partial charge in [-0.25, -0.2) is 14.8 Å². The highest BCUT2D eigenvalue weighted by atomic mass is 35.5. The molecule has 0 bridgehead atoms. The van der Waals surface area contributed by atoms with Crippen LogP contribution in [-0.2, 0) is 11.2 Å². The number of anilines is 1. The van der Waals surface area contributed by atoms with Crippen molar-refractivity contribution < 1.29 is 19.8 Å². The number of carbonyl (C=O) groups is 2. The van der Waals surface area contributed by atoms with Gasteiger partial charge >= 0.3 is 11.9 Å². The number of unbranched alkanes of at least 4 members (excludes halogenated alkanes) is 4. The van der Waals surface area contributed by atoms with Gasteiger partial charge in [0.05, 0.1) is 16.3 Å². The van der Waals surface area contributed by atoms with E-state index in [4.69, 9.17) is 11.6 Å². The van der Waals surface area contributed by atoms with Crippen molar-refractivity contribution in [1.82, 2.24) is 9.97 Å². The number of nitrogens with zero attached hydrogens (tertiary/aromatic N) is 3. The lowest BCUT2D eigenvalue weighted by molar-refractivity contribution is -0.138. The lowest BCUT2D eigenvalue weighted by Crippen LogP contribution is -2.28. The molecule has 176 valence electrons. The molecule has 0 fully saturated rings. The zero-order chi connectivity index (χ0) is 23.7. The molecule has 0 aromatic carbocycles. The number of hydrogen-bond donors (Lipinski definition) is 2. The van der Waals surface area contributed by atoms with Crippen molar-refractivity contribution >= 4 is 52.5 Å². The number of carboxylic acid groups (broad SMARTS) is 2. The van der Waals surface area contributed by atoms with E-state index in [1.165, 1.54) is 54.6 Å². The Morgan fingerprint density at radius 1 is 1.19 bits per heavy atom. The van der Waals surface area contributed by atoms with E-state index < -0.39 is 16.7 Å². The van der Waals surface area contributed by atoms with Crippen LogP contribution in [0.3, 0.4) is 0 Å². The number of aromatic carboxylic acids is 1. The number of aliphatic carboxylic acids is 1. The van der Waals surface area contributed by atoms with E-state index in [2.05, 4.69) is 21.8 Å². The molecule has 0 radical (unpaired) electrons. The van der Waals surface area contributed by atoms with Crippen LogP contribution >= 0.6 is 34.7 Å². The van der Waals surface area contributed by atoms with Gasteiger partial charge in [0.15, 0.2) is 4.34 Å². The van der Waals surface area contributed by atoms with E-state index in [-0.39, 0.29) is 5.56 Å². The molecule has 7 nitrogen and oxygen atoms in total. The highest BCUT2D eigenvalue weighted by Gasteiger charge is 2.29. The molecule has 0 aliphatic rings. The zero-order valence-corrected chi connectivity index (χ0v) is 21.0. The highest BCUT2D eigenvalue weighted by Crippen LogP contribution is 2.35. The summed E-state index contributed by atoms with van der Waals surface area (Å²) in [5, 5.41) is 20.8. The Kier molecular flexibility index (Phi) is 10.2. The van der Waals surface area contributed by atoms with Crippen LogP contribution in [0.2, 0.25) is 5.02 Å². The van der Waals surface area contributed by atoms with Crippen LogP contribution in [0.5, 0.6) is 0 Å². The minimum absolute atomic E-state index is 0.0591. The molecule has 0 unspecified atom stereocenters. The van der Waals surface area contributed by atoms with Gasteiger partial charge in [-0.2, -0.15) is 0 Å². The van der Waals surface area contributed by atoms with E-state index in [1.807, 2.05) is 5.38 Å². The first-order valence-electron chi connectivity index (χ1n) is 10.6. The first-order chi connectivity index (χ1) is 15.1. The number of pyridine rings is 1. The first-order valence-corrected chi connectivity index (χ1v) is 12.7. The van der Waals surface area contributed by atoms with E-state index in [0.717, 1.165) is 29.4 Å². The van der Waals surface area contributed by atoms with Crippen LogP contribution in [0, 0.1) is 0 Å². The Labute approximate surface area is 202 Å². The van der Waals surface area contributed by atoms with Gasteiger partial charge in [-0.1, -0.05) is 56.0 Å². The summed E-state index contributed by atoms with van der Waals surface area (Å²) in [5.41, 5.74) is 0.941. The Bertz CT molecular complexity index is 920. The predicted octanol–water partition coefficient (Wildman–Crippen LogP) is 5.86. The predicted molar refractivity (Wildman–Crippen MR) is 131 cm³/mol. The van der Waals surface area contributed by atoms with Gasteiger partial charge in [-0.15, -0.1) is 11.3 Å². The van der Waals surface area contributed by atoms with Gasteiger partial charge in [-0.05, 0) is 26.3 Å². The van der Waals surface area contributed by atoms with Crippen molar-refractivity contribution in [2.45, 2.75) is 68.4 Å². The Morgan fingerprint density at radius 2 is 1.91 bits per heavy atom. The molecular weight excluding hydrogens is 470 g/mol. The SMILES string of the molecule is CCCCCCCN(CCc1csc(SC(C)(C)C(=O)O)n1)c1ncc(C(=O)O)cc1Cl. The number of thiazole rings is 1. The van der Waals surface area contributed by atoms with Crippen molar-refractivity contribution in [3.8, 4) is 0 Å². The molecule has 2 aromatic heterocycles. The van der Waals surface area contributed by atoms with E-state index in [9.17, 15) is 19.8 Å². The second kappa shape index (κ2) is 12.4. The van der Waals surface area contributed by atoms with E-state index in [0.29, 0.717) is 23.8 Å². The first kappa shape index (κ1) is 26.4. The summed E-state index contributed by atoms with van der Waals surface area (Å²) >= 11 is 9.06. The maximum atomic E-state index is 11.4. The molecule has 32 heavy (non-hydrogen) atoms.